The lowest BCUT2D eigenvalue weighted by Crippen LogP contribution is -2.54. The van der Waals surface area contributed by atoms with Gasteiger partial charge in [-0.2, -0.15) is 0 Å². The largest absolute Gasteiger partial charge is 0.348 e. The van der Waals surface area contributed by atoms with E-state index in [-0.39, 0.29) is 36.1 Å². The van der Waals surface area contributed by atoms with Gasteiger partial charge in [-0.1, -0.05) is 23.7 Å². The summed E-state index contributed by atoms with van der Waals surface area (Å²) in [5.41, 5.74) is 1.64. The second-order valence-electron chi connectivity index (χ2n) is 9.07. The average molecular weight is 431 g/mol. The van der Waals surface area contributed by atoms with Crippen molar-refractivity contribution in [1.29, 1.82) is 0 Å². The van der Waals surface area contributed by atoms with Crippen LogP contribution in [0.2, 0.25) is 5.02 Å². The Hall–Kier alpha value is -2.47. The van der Waals surface area contributed by atoms with Gasteiger partial charge in [-0.05, 0) is 64.4 Å². The van der Waals surface area contributed by atoms with E-state index in [0.29, 0.717) is 11.6 Å². The number of urea groups is 1. The number of nitrogens with one attached hydrogen (secondary N) is 1. The van der Waals surface area contributed by atoms with Crippen LogP contribution in [-0.2, 0) is 11.3 Å². The predicted molar refractivity (Wildman–Crippen MR) is 120 cm³/mol. The normalized spacial score (nSPS) is 16.4. The number of benzene rings is 1. The number of rotatable bonds is 4. The summed E-state index contributed by atoms with van der Waals surface area (Å²) in [6, 6.07) is 11.1. The van der Waals surface area contributed by atoms with Crippen molar-refractivity contribution < 1.29 is 9.59 Å². The van der Waals surface area contributed by atoms with Gasteiger partial charge in [-0.3, -0.25) is 4.79 Å². The van der Waals surface area contributed by atoms with Crippen molar-refractivity contribution in [2.75, 3.05) is 13.1 Å². The molecule has 2 heterocycles. The van der Waals surface area contributed by atoms with Gasteiger partial charge in [0.25, 0.3) is 0 Å². The Morgan fingerprint density at radius 1 is 1.20 bits per heavy atom. The van der Waals surface area contributed by atoms with E-state index >= 15 is 0 Å². The predicted octanol–water partition coefficient (Wildman–Crippen LogP) is 4.29. The number of hydrogen-bond acceptors (Lipinski definition) is 2. The van der Waals surface area contributed by atoms with Crippen molar-refractivity contribution >= 4 is 23.5 Å². The first-order chi connectivity index (χ1) is 14.1. The smallest absolute Gasteiger partial charge is 0.318 e. The van der Waals surface area contributed by atoms with Crippen molar-refractivity contribution in [2.45, 2.75) is 58.8 Å². The Bertz CT molecular complexity index is 916. The molecule has 0 radical (unpaired) electrons. The van der Waals surface area contributed by atoms with E-state index in [9.17, 15) is 9.59 Å². The Kier molecular flexibility index (Phi) is 6.46. The molecule has 0 fully saturated rings. The molecule has 0 saturated carbocycles. The molecule has 0 aliphatic carbocycles. The van der Waals surface area contributed by atoms with Crippen LogP contribution in [0.5, 0.6) is 0 Å². The first kappa shape index (κ1) is 22.2. The maximum atomic E-state index is 13.4. The van der Waals surface area contributed by atoms with Crippen molar-refractivity contribution in [3.05, 3.63) is 58.9 Å². The first-order valence-electron chi connectivity index (χ1n) is 10.4. The van der Waals surface area contributed by atoms with Crippen molar-refractivity contribution in [3.8, 4) is 0 Å². The molecule has 162 valence electrons. The molecule has 0 bridgehead atoms. The molecule has 0 unspecified atom stereocenters. The fraction of sp³-hybridized carbons (Fsp3) is 0.478. The van der Waals surface area contributed by atoms with Crippen LogP contribution in [0.4, 0.5) is 4.79 Å². The second kappa shape index (κ2) is 8.72. The Morgan fingerprint density at radius 3 is 2.57 bits per heavy atom. The lowest BCUT2D eigenvalue weighted by Gasteiger charge is -2.39. The highest BCUT2D eigenvalue weighted by atomic mass is 35.5. The standard InChI is InChI=1S/C23H31ClN4O2/c1-16(2)28(22(30)25-23(3,4)5)15-20(29)27-13-12-26-11-7-10-19(26)21(27)17-8-6-9-18(24)14-17/h6-11,14,16,21H,12-13,15H2,1-5H3,(H,25,30)/t21-/m1/s1. The highest BCUT2D eigenvalue weighted by Crippen LogP contribution is 2.33. The van der Waals surface area contributed by atoms with Gasteiger partial charge in [0.15, 0.2) is 0 Å². The summed E-state index contributed by atoms with van der Waals surface area (Å²) < 4.78 is 2.17. The number of amides is 3. The van der Waals surface area contributed by atoms with Crippen LogP contribution >= 0.6 is 11.6 Å². The molecule has 1 atom stereocenters. The minimum absolute atomic E-state index is 0.0252. The zero-order chi connectivity index (χ0) is 22.1. The van der Waals surface area contributed by atoms with E-state index in [0.717, 1.165) is 17.8 Å². The maximum absolute atomic E-state index is 13.4. The van der Waals surface area contributed by atoms with Crippen molar-refractivity contribution in [3.63, 3.8) is 0 Å². The lowest BCUT2D eigenvalue weighted by atomic mass is 9.99. The Balaban J connectivity index is 1.88. The number of aromatic nitrogens is 1. The summed E-state index contributed by atoms with van der Waals surface area (Å²) in [6.45, 7) is 11.0. The molecule has 1 aliphatic rings. The summed E-state index contributed by atoms with van der Waals surface area (Å²) in [5, 5.41) is 3.60. The van der Waals surface area contributed by atoms with Crippen molar-refractivity contribution in [1.82, 2.24) is 19.7 Å². The number of halogens is 1. The highest BCUT2D eigenvalue weighted by Gasteiger charge is 2.34. The summed E-state index contributed by atoms with van der Waals surface area (Å²) in [6.07, 6.45) is 2.03. The molecule has 1 N–H and O–H groups in total. The molecule has 0 spiro atoms. The SMILES string of the molecule is CC(C)N(CC(=O)N1CCn2cccc2[C@H]1c1cccc(Cl)c1)C(=O)NC(C)(C)C. The molecule has 30 heavy (non-hydrogen) atoms. The van der Waals surface area contributed by atoms with Crippen LogP contribution in [0.25, 0.3) is 0 Å². The van der Waals surface area contributed by atoms with Gasteiger partial charge in [-0.25, -0.2) is 4.79 Å². The minimum atomic E-state index is -0.372. The number of nitrogens with zero attached hydrogens (tertiary/aromatic N) is 3. The van der Waals surface area contributed by atoms with Gasteiger partial charge in [0.2, 0.25) is 5.91 Å². The zero-order valence-corrected chi connectivity index (χ0v) is 19.1. The Labute approximate surface area is 183 Å². The molecule has 3 amide bonds. The maximum Gasteiger partial charge on any atom is 0.318 e. The summed E-state index contributed by atoms with van der Waals surface area (Å²) in [7, 11) is 0. The molecule has 0 saturated heterocycles. The number of carbonyl (C=O) groups is 2. The average Bonchev–Trinajstić information content (AvgIpc) is 3.12. The van der Waals surface area contributed by atoms with Crippen LogP contribution in [0.15, 0.2) is 42.6 Å². The van der Waals surface area contributed by atoms with E-state index in [1.807, 2.05) is 82.1 Å². The molecule has 1 aromatic heterocycles. The number of hydrogen-bond donors (Lipinski definition) is 1. The number of fused-ring (bicyclic) bond motifs is 1. The van der Waals surface area contributed by atoms with E-state index in [2.05, 4.69) is 9.88 Å². The molecule has 6 nitrogen and oxygen atoms in total. The topological polar surface area (TPSA) is 57.6 Å². The highest BCUT2D eigenvalue weighted by molar-refractivity contribution is 6.30. The van der Waals surface area contributed by atoms with Crippen LogP contribution in [0.3, 0.4) is 0 Å². The van der Waals surface area contributed by atoms with Crippen LogP contribution in [0.1, 0.15) is 51.9 Å². The molecule has 7 heteroatoms. The van der Waals surface area contributed by atoms with Crippen molar-refractivity contribution in [2.24, 2.45) is 0 Å². The molecular formula is C23H31ClN4O2. The van der Waals surface area contributed by atoms with Crippen LogP contribution < -0.4 is 5.32 Å². The van der Waals surface area contributed by atoms with Gasteiger partial charge in [0, 0.05) is 41.6 Å². The quantitative estimate of drug-likeness (QED) is 0.786. The van der Waals surface area contributed by atoms with E-state index in [1.165, 1.54) is 0 Å². The van der Waals surface area contributed by atoms with E-state index in [1.54, 1.807) is 4.90 Å². The Morgan fingerprint density at radius 2 is 1.93 bits per heavy atom. The lowest BCUT2D eigenvalue weighted by molar-refractivity contribution is -0.134. The fourth-order valence-electron chi connectivity index (χ4n) is 3.80. The fourth-order valence-corrected chi connectivity index (χ4v) is 4.00. The van der Waals surface area contributed by atoms with Gasteiger partial charge in [0.05, 0.1) is 6.04 Å². The van der Waals surface area contributed by atoms with Gasteiger partial charge >= 0.3 is 6.03 Å². The molecule has 1 aliphatic heterocycles. The summed E-state index contributed by atoms with van der Waals surface area (Å²) in [4.78, 5) is 29.7. The number of carbonyl (C=O) groups excluding carboxylic acids is 2. The third-order valence-electron chi connectivity index (χ3n) is 5.19. The van der Waals surface area contributed by atoms with Crippen LogP contribution in [0, 0.1) is 0 Å². The molecular weight excluding hydrogens is 400 g/mol. The monoisotopic (exact) mass is 430 g/mol. The summed E-state index contributed by atoms with van der Waals surface area (Å²) >= 11 is 6.25. The molecule has 3 rings (SSSR count). The van der Waals surface area contributed by atoms with Gasteiger partial charge in [0.1, 0.15) is 6.54 Å². The zero-order valence-electron chi connectivity index (χ0n) is 18.4. The summed E-state index contributed by atoms with van der Waals surface area (Å²) in [5.74, 6) is -0.0785. The van der Waals surface area contributed by atoms with E-state index in [4.69, 9.17) is 11.6 Å². The third-order valence-corrected chi connectivity index (χ3v) is 5.43. The molecule has 1 aromatic carbocycles. The van der Waals surface area contributed by atoms with Gasteiger partial charge in [-0.15, -0.1) is 0 Å². The molecule has 2 aromatic rings. The van der Waals surface area contributed by atoms with Gasteiger partial charge < -0.3 is 19.7 Å². The minimum Gasteiger partial charge on any atom is -0.348 e. The first-order valence-corrected chi connectivity index (χ1v) is 10.7. The second-order valence-corrected chi connectivity index (χ2v) is 9.51. The van der Waals surface area contributed by atoms with Crippen LogP contribution in [-0.4, -0.2) is 51.0 Å². The van der Waals surface area contributed by atoms with E-state index < -0.39 is 0 Å². The third kappa shape index (κ3) is 4.98.